The standard InChI is InChI=1S/C66H50N6O12/c1-67-63(80)54-19-12-39(24-49(54)35-75)62(79)42-7-11-46(34-74)57(27-42)66(83)70-58-21-18-53(28-59(58)72-31-44-9-5-38(23-48(44)32-72)60(77)37-4-8-43-29-71(3)30-47(43)22-37)84-52-16-14-51(15-17-52)69-65(82)55-20-13-40(25-50(55)36-76)61(78)41-6-10-45(33-73)56(26-41)64(81)68-2/h4-28,33-36H,29-32H2,1-3H3,(H,67,80)(H,68,81)(H,69,82)(H,70,83). The van der Waals surface area contributed by atoms with Crippen LogP contribution in [0.25, 0.3) is 0 Å². The normalized spacial score (nSPS) is 12.2. The Morgan fingerprint density at radius 2 is 0.810 bits per heavy atom. The Morgan fingerprint density at radius 1 is 0.393 bits per heavy atom. The average Bonchev–Trinajstić information content (AvgIpc) is 3.42. The number of amides is 4. The van der Waals surface area contributed by atoms with E-state index in [9.17, 15) is 52.7 Å². The molecule has 0 spiro atoms. The van der Waals surface area contributed by atoms with E-state index in [-0.39, 0.29) is 72.5 Å². The number of carbonyl (C=O) groups is 11. The number of nitrogens with one attached hydrogen (secondary N) is 4. The van der Waals surface area contributed by atoms with Crippen LogP contribution in [0.2, 0.25) is 0 Å². The molecule has 8 aromatic rings. The van der Waals surface area contributed by atoms with E-state index < -0.39 is 35.2 Å². The van der Waals surface area contributed by atoms with Crippen molar-refractivity contribution in [3.8, 4) is 11.5 Å². The molecule has 18 heteroatoms. The summed E-state index contributed by atoms with van der Waals surface area (Å²) in [4.78, 5) is 146. The van der Waals surface area contributed by atoms with Crippen molar-refractivity contribution in [2.45, 2.75) is 26.2 Å². The van der Waals surface area contributed by atoms with E-state index in [1.54, 1.807) is 48.5 Å². The van der Waals surface area contributed by atoms with Gasteiger partial charge in [-0.15, -0.1) is 0 Å². The minimum atomic E-state index is -0.725. The van der Waals surface area contributed by atoms with Crippen molar-refractivity contribution in [2.75, 3.05) is 36.7 Å². The second-order valence-electron chi connectivity index (χ2n) is 20.0. The van der Waals surface area contributed by atoms with Crippen LogP contribution >= 0.6 is 0 Å². The number of fused-ring (bicyclic) bond motifs is 2. The summed E-state index contributed by atoms with van der Waals surface area (Å²) in [5.41, 5.74) is 6.52. The number of hydrogen-bond acceptors (Lipinski definition) is 14. The van der Waals surface area contributed by atoms with Gasteiger partial charge < -0.3 is 30.9 Å². The number of carbonyl (C=O) groups excluding carboxylic acids is 11. The van der Waals surface area contributed by atoms with Gasteiger partial charge in [-0.1, -0.05) is 60.7 Å². The van der Waals surface area contributed by atoms with Gasteiger partial charge in [0.15, 0.2) is 42.5 Å². The molecule has 0 unspecified atom stereocenters. The van der Waals surface area contributed by atoms with E-state index in [1.807, 2.05) is 42.3 Å². The van der Waals surface area contributed by atoms with E-state index in [4.69, 9.17) is 4.74 Å². The fraction of sp³-hybridized carbons (Fsp3) is 0.106. The molecular weight excluding hydrogens is 1070 g/mol. The highest BCUT2D eigenvalue weighted by Crippen LogP contribution is 2.39. The van der Waals surface area contributed by atoms with Crippen LogP contribution in [-0.2, 0) is 26.2 Å². The summed E-state index contributed by atoms with van der Waals surface area (Å²) in [6.07, 6.45) is 1.91. The maximum atomic E-state index is 14.4. The van der Waals surface area contributed by atoms with E-state index in [0.29, 0.717) is 77.9 Å². The maximum Gasteiger partial charge on any atom is 0.256 e. The van der Waals surface area contributed by atoms with Crippen molar-refractivity contribution in [2.24, 2.45) is 0 Å². The number of rotatable bonds is 19. The zero-order valence-electron chi connectivity index (χ0n) is 45.4. The van der Waals surface area contributed by atoms with Gasteiger partial charge in [-0.05, 0) is 114 Å². The number of ketones is 3. The maximum absolute atomic E-state index is 14.4. The Balaban J connectivity index is 0.899. The van der Waals surface area contributed by atoms with Crippen LogP contribution in [0.1, 0.15) is 153 Å². The Hall–Kier alpha value is -11.1. The number of nitrogens with zero attached hydrogens (tertiary/aromatic N) is 2. The van der Waals surface area contributed by atoms with Crippen LogP contribution in [0.3, 0.4) is 0 Å². The zero-order valence-corrected chi connectivity index (χ0v) is 45.4. The van der Waals surface area contributed by atoms with Gasteiger partial charge in [0.2, 0.25) is 0 Å². The van der Waals surface area contributed by atoms with Crippen LogP contribution in [0.5, 0.6) is 11.5 Å². The summed E-state index contributed by atoms with van der Waals surface area (Å²) in [5, 5.41) is 10.6. The van der Waals surface area contributed by atoms with Crippen LogP contribution in [0.15, 0.2) is 152 Å². The van der Waals surface area contributed by atoms with Gasteiger partial charge in [0.1, 0.15) is 11.5 Å². The molecular formula is C66H50N6O12. The lowest BCUT2D eigenvalue weighted by Crippen LogP contribution is -2.21. The molecule has 0 bridgehead atoms. The monoisotopic (exact) mass is 1120 g/mol. The largest absolute Gasteiger partial charge is 0.457 e. The van der Waals surface area contributed by atoms with Gasteiger partial charge in [-0.25, -0.2) is 0 Å². The molecule has 0 saturated heterocycles. The molecule has 4 amide bonds. The van der Waals surface area contributed by atoms with Gasteiger partial charge in [-0.3, -0.25) is 57.6 Å². The topological polar surface area (TPSA) is 252 Å². The second-order valence-corrected chi connectivity index (χ2v) is 20.0. The fourth-order valence-corrected chi connectivity index (χ4v) is 10.3. The molecule has 2 aliphatic rings. The van der Waals surface area contributed by atoms with E-state index in [1.165, 1.54) is 92.5 Å². The van der Waals surface area contributed by atoms with Gasteiger partial charge in [0.05, 0.1) is 28.1 Å². The number of anilines is 3. The molecule has 2 aliphatic heterocycles. The molecule has 0 aliphatic carbocycles. The number of ether oxygens (including phenoxy) is 1. The minimum absolute atomic E-state index is 0.00104. The number of aldehydes is 4. The molecule has 0 atom stereocenters. The highest BCUT2D eigenvalue weighted by atomic mass is 16.5. The van der Waals surface area contributed by atoms with Crippen molar-refractivity contribution in [1.82, 2.24) is 15.5 Å². The lowest BCUT2D eigenvalue weighted by Gasteiger charge is -2.23. The first-order chi connectivity index (χ1) is 40.6. The lowest BCUT2D eigenvalue weighted by atomic mass is 9.95. The molecule has 10 rings (SSSR count). The molecule has 0 aromatic heterocycles. The third-order valence-corrected chi connectivity index (χ3v) is 14.6. The van der Waals surface area contributed by atoms with Crippen molar-refractivity contribution in [1.29, 1.82) is 0 Å². The summed E-state index contributed by atoms with van der Waals surface area (Å²) in [6, 6.07) is 38.7. The van der Waals surface area contributed by atoms with E-state index in [0.717, 1.165) is 29.8 Å². The Labute approximate surface area is 480 Å². The first-order valence-electron chi connectivity index (χ1n) is 26.3. The summed E-state index contributed by atoms with van der Waals surface area (Å²) in [5.74, 6) is -3.01. The molecule has 2 heterocycles. The average molecular weight is 1120 g/mol. The quantitative estimate of drug-likeness (QED) is 0.0435. The summed E-state index contributed by atoms with van der Waals surface area (Å²) in [6.45, 7) is 2.25. The zero-order chi connectivity index (χ0) is 59.3. The van der Waals surface area contributed by atoms with Gasteiger partial charge in [0, 0.05) is 113 Å². The molecule has 0 radical (unpaired) electrons. The molecule has 0 saturated carbocycles. The van der Waals surface area contributed by atoms with Crippen LogP contribution < -0.4 is 30.9 Å². The third kappa shape index (κ3) is 11.5. The lowest BCUT2D eigenvalue weighted by molar-refractivity contribution is 0.0951. The number of hydrogen-bond donors (Lipinski definition) is 4. The summed E-state index contributed by atoms with van der Waals surface area (Å²) >= 11 is 0. The highest BCUT2D eigenvalue weighted by molar-refractivity contribution is 6.16. The van der Waals surface area contributed by atoms with Crippen LogP contribution in [0.4, 0.5) is 17.1 Å². The smallest absolute Gasteiger partial charge is 0.256 e. The Kier molecular flexibility index (Phi) is 16.0. The van der Waals surface area contributed by atoms with E-state index >= 15 is 0 Å². The molecule has 4 N–H and O–H groups in total. The van der Waals surface area contributed by atoms with E-state index in [2.05, 4.69) is 26.2 Å². The van der Waals surface area contributed by atoms with Crippen molar-refractivity contribution >= 4 is 83.2 Å². The second kappa shape index (κ2) is 23.9. The summed E-state index contributed by atoms with van der Waals surface area (Å²) in [7, 11) is 4.83. The molecule has 8 aromatic carbocycles. The highest BCUT2D eigenvalue weighted by Gasteiger charge is 2.27. The van der Waals surface area contributed by atoms with Crippen molar-refractivity contribution < 1.29 is 57.5 Å². The molecule has 84 heavy (non-hydrogen) atoms. The van der Waals surface area contributed by atoms with Gasteiger partial charge in [-0.2, -0.15) is 0 Å². The fourth-order valence-electron chi connectivity index (χ4n) is 10.3. The first-order valence-corrected chi connectivity index (χ1v) is 26.3. The van der Waals surface area contributed by atoms with Crippen LogP contribution in [0, 0.1) is 0 Å². The van der Waals surface area contributed by atoms with Gasteiger partial charge in [0.25, 0.3) is 23.6 Å². The molecule has 0 fully saturated rings. The minimum Gasteiger partial charge on any atom is -0.457 e. The van der Waals surface area contributed by atoms with Gasteiger partial charge >= 0.3 is 0 Å². The molecule has 416 valence electrons. The van der Waals surface area contributed by atoms with Crippen molar-refractivity contribution in [3.05, 3.63) is 252 Å². The van der Waals surface area contributed by atoms with Crippen molar-refractivity contribution in [3.63, 3.8) is 0 Å². The summed E-state index contributed by atoms with van der Waals surface area (Å²) < 4.78 is 6.35. The third-order valence-electron chi connectivity index (χ3n) is 14.6. The first kappa shape index (κ1) is 56.2. The molecule has 18 nitrogen and oxygen atoms in total. The Bertz CT molecular complexity index is 4130. The Morgan fingerprint density at radius 3 is 1.36 bits per heavy atom. The predicted octanol–water partition coefficient (Wildman–Crippen LogP) is 9.11. The SMILES string of the molecule is CNC(=O)c1ccc(C(=O)c2ccc(C=O)c(C(=O)Nc3ccc(Oc4ccc(NC(=O)c5ccc(C(=O)c6ccc(C=O)c(C(=O)NC)c6)cc5C=O)cc4)cc3N3Cc4ccc(C(=O)c5ccc6c(c5)CN(C)C6)cc4C3)c2)cc1C=O. The predicted molar refractivity (Wildman–Crippen MR) is 311 cm³/mol. The van der Waals surface area contributed by atoms with Crippen LogP contribution in [-0.4, -0.2) is 92.2 Å². The number of benzene rings is 8.